The molecule has 0 saturated carbocycles. The average molecular weight is 373 g/mol. The Morgan fingerprint density at radius 3 is 2.54 bits per heavy atom. The van der Waals surface area contributed by atoms with E-state index in [9.17, 15) is 14.7 Å². The molecule has 1 aliphatic heterocycles. The Labute approximate surface area is 156 Å². The van der Waals surface area contributed by atoms with Crippen molar-refractivity contribution >= 4 is 34.0 Å². The summed E-state index contributed by atoms with van der Waals surface area (Å²) in [5.74, 6) is -0.339. The molecule has 1 aliphatic rings. The maximum atomic E-state index is 12.5. The second kappa shape index (κ2) is 7.55. The van der Waals surface area contributed by atoms with Gasteiger partial charge in [0.05, 0.1) is 5.92 Å². The zero-order chi connectivity index (χ0) is 18.8. The highest BCUT2D eigenvalue weighted by Crippen LogP contribution is 2.28. The molecule has 0 unspecified atom stereocenters. The Balaban J connectivity index is 1.66. The molecule has 6 nitrogen and oxygen atoms in total. The van der Waals surface area contributed by atoms with Crippen LogP contribution in [-0.4, -0.2) is 34.6 Å². The van der Waals surface area contributed by atoms with Crippen molar-refractivity contribution < 1.29 is 14.7 Å². The van der Waals surface area contributed by atoms with Gasteiger partial charge < -0.3 is 15.3 Å². The van der Waals surface area contributed by atoms with Gasteiger partial charge in [0.25, 0.3) is 5.91 Å². The summed E-state index contributed by atoms with van der Waals surface area (Å²) >= 11 is 1.49. The van der Waals surface area contributed by atoms with Gasteiger partial charge in [-0.25, -0.2) is 4.98 Å². The van der Waals surface area contributed by atoms with Gasteiger partial charge in [0.2, 0.25) is 5.91 Å². The summed E-state index contributed by atoms with van der Waals surface area (Å²) in [7, 11) is 0. The fraction of sp³-hybridized carbons (Fsp3) is 0.421. The maximum Gasteiger partial charge on any atom is 0.255 e. The summed E-state index contributed by atoms with van der Waals surface area (Å²) in [4.78, 5) is 31.3. The molecule has 1 fully saturated rings. The van der Waals surface area contributed by atoms with Gasteiger partial charge in [-0.1, -0.05) is 26.0 Å². The number of hydrogen-bond acceptors (Lipinski definition) is 5. The van der Waals surface area contributed by atoms with Crippen LogP contribution in [0.2, 0.25) is 0 Å². The Morgan fingerprint density at radius 2 is 2.00 bits per heavy atom. The number of rotatable bonds is 5. The van der Waals surface area contributed by atoms with E-state index in [-0.39, 0.29) is 17.7 Å². The summed E-state index contributed by atoms with van der Waals surface area (Å²) in [6.45, 7) is 6.53. The van der Waals surface area contributed by atoms with Crippen molar-refractivity contribution in [3.05, 3.63) is 40.9 Å². The van der Waals surface area contributed by atoms with Crippen molar-refractivity contribution in [2.45, 2.75) is 45.1 Å². The van der Waals surface area contributed by atoms with E-state index < -0.39 is 6.10 Å². The van der Waals surface area contributed by atoms with Gasteiger partial charge in [-0.2, -0.15) is 0 Å². The van der Waals surface area contributed by atoms with E-state index in [0.717, 1.165) is 16.1 Å². The third-order valence-corrected chi connectivity index (χ3v) is 5.81. The van der Waals surface area contributed by atoms with Crippen molar-refractivity contribution in [1.29, 1.82) is 0 Å². The summed E-state index contributed by atoms with van der Waals surface area (Å²) in [6.07, 6.45) is 1.34. The van der Waals surface area contributed by atoms with Crippen molar-refractivity contribution in [1.82, 2.24) is 4.98 Å². The average Bonchev–Trinajstić information content (AvgIpc) is 3.22. The highest BCUT2D eigenvalue weighted by Gasteiger charge is 2.30. The number of benzene rings is 1. The van der Waals surface area contributed by atoms with Crippen LogP contribution in [-0.2, 0) is 9.59 Å². The Bertz CT molecular complexity index is 801. The van der Waals surface area contributed by atoms with E-state index in [1.807, 2.05) is 31.2 Å². The van der Waals surface area contributed by atoms with Gasteiger partial charge in [-0.3, -0.25) is 9.59 Å². The Hall–Kier alpha value is -2.25. The van der Waals surface area contributed by atoms with Gasteiger partial charge in [-0.15, -0.1) is 11.3 Å². The van der Waals surface area contributed by atoms with Crippen molar-refractivity contribution in [3.8, 4) is 0 Å². The molecule has 2 atom stereocenters. The van der Waals surface area contributed by atoms with Crippen LogP contribution in [0.15, 0.2) is 30.5 Å². The number of anilines is 2. The van der Waals surface area contributed by atoms with Crippen molar-refractivity contribution in [2.24, 2.45) is 0 Å². The third kappa shape index (κ3) is 3.78. The normalized spacial score (nSPS) is 18.4. The molecule has 7 heteroatoms. The zero-order valence-corrected chi connectivity index (χ0v) is 15.9. The van der Waals surface area contributed by atoms with Crippen LogP contribution in [0.25, 0.3) is 0 Å². The molecule has 0 aliphatic carbocycles. The second-order valence-corrected chi connectivity index (χ2v) is 7.88. The van der Waals surface area contributed by atoms with Crippen LogP contribution in [0.3, 0.4) is 0 Å². The first-order valence-corrected chi connectivity index (χ1v) is 9.54. The van der Waals surface area contributed by atoms with Gasteiger partial charge in [0.1, 0.15) is 6.10 Å². The molecule has 2 heterocycles. The van der Waals surface area contributed by atoms with Crippen LogP contribution in [0.4, 0.5) is 10.8 Å². The highest BCUT2D eigenvalue weighted by molar-refractivity contribution is 7.15. The molecule has 138 valence electrons. The SMILES string of the molecule is CC(C)c1cnc(NC(=O)[C@H](C)c2ccc(N3CC[C@@H](O)C3=O)cc2)s1. The van der Waals surface area contributed by atoms with Crippen LogP contribution in [0.1, 0.15) is 49.5 Å². The van der Waals surface area contributed by atoms with Crippen molar-refractivity contribution in [2.75, 3.05) is 16.8 Å². The van der Waals surface area contributed by atoms with E-state index in [2.05, 4.69) is 24.1 Å². The molecule has 3 rings (SSSR count). The standard InChI is InChI=1S/C19H23N3O3S/c1-11(2)16-10-20-19(26-16)21-17(24)12(3)13-4-6-14(7-5-13)22-9-8-15(23)18(22)25/h4-7,10-12,15,23H,8-9H2,1-3H3,(H,20,21,24)/t12-,15-/m1/s1. The molecule has 2 aromatic rings. The van der Waals surface area contributed by atoms with Gasteiger partial charge in [0.15, 0.2) is 5.13 Å². The number of nitrogens with zero attached hydrogens (tertiary/aromatic N) is 2. The van der Waals surface area contributed by atoms with E-state index in [1.54, 1.807) is 11.1 Å². The summed E-state index contributed by atoms with van der Waals surface area (Å²) in [6, 6.07) is 7.32. The number of hydrogen-bond donors (Lipinski definition) is 2. The lowest BCUT2D eigenvalue weighted by molar-refractivity contribution is -0.124. The lowest BCUT2D eigenvalue weighted by Crippen LogP contribution is -2.29. The smallest absolute Gasteiger partial charge is 0.255 e. The minimum absolute atomic E-state index is 0.116. The minimum Gasteiger partial charge on any atom is -0.383 e. The zero-order valence-electron chi connectivity index (χ0n) is 15.1. The lowest BCUT2D eigenvalue weighted by Gasteiger charge is -2.17. The molecule has 2 amide bonds. The summed E-state index contributed by atoms with van der Waals surface area (Å²) < 4.78 is 0. The topological polar surface area (TPSA) is 82.5 Å². The van der Waals surface area contributed by atoms with Gasteiger partial charge in [0, 0.05) is 29.7 Å². The Kier molecular flexibility index (Phi) is 5.38. The van der Waals surface area contributed by atoms with E-state index >= 15 is 0 Å². The van der Waals surface area contributed by atoms with Crippen LogP contribution in [0, 0.1) is 0 Å². The third-order valence-electron chi connectivity index (χ3n) is 4.60. The first kappa shape index (κ1) is 18.5. The lowest BCUT2D eigenvalue weighted by atomic mass is 10.00. The molecule has 1 aromatic carbocycles. The largest absolute Gasteiger partial charge is 0.383 e. The summed E-state index contributed by atoms with van der Waals surface area (Å²) in [5.41, 5.74) is 1.60. The van der Waals surface area contributed by atoms with Crippen LogP contribution >= 0.6 is 11.3 Å². The molecule has 0 radical (unpaired) electrons. The first-order valence-electron chi connectivity index (χ1n) is 8.72. The number of amides is 2. The number of nitrogens with one attached hydrogen (secondary N) is 1. The fourth-order valence-corrected chi connectivity index (χ4v) is 3.66. The van der Waals surface area contributed by atoms with Crippen LogP contribution < -0.4 is 10.2 Å². The second-order valence-electron chi connectivity index (χ2n) is 6.82. The predicted molar refractivity (Wildman–Crippen MR) is 103 cm³/mol. The number of aromatic nitrogens is 1. The molecule has 1 saturated heterocycles. The number of carbonyl (C=O) groups excluding carboxylic acids is 2. The maximum absolute atomic E-state index is 12.5. The first-order chi connectivity index (χ1) is 12.4. The number of carbonyl (C=O) groups is 2. The van der Waals surface area contributed by atoms with E-state index in [1.165, 1.54) is 11.3 Å². The molecule has 26 heavy (non-hydrogen) atoms. The predicted octanol–water partition coefficient (Wildman–Crippen LogP) is 3.11. The quantitative estimate of drug-likeness (QED) is 0.844. The molecule has 2 N–H and O–H groups in total. The van der Waals surface area contributed by atoms with Crippen molar-refractivity contribution in [3.63, 3.8) is 0 Å². The fourth-order valence-electron chi connectivity index (χ4n) is 2.84. The van der Waals surface area contributed by atoms with E-state index in [0.29, 0.717) is 24.0 Å². The minimum atomic E-state index is -0.909. The number of aliphatic hydroxyl groups excluding tert-OH is 1. The highest BCUT2D eigenvalue weighted by atomic mass is 32.1. The molecule has 0 spiro atoms. The monoisotopic (exact) mass is 373 g/mol. The number of aliphatic hydroxyl groups is 1. The van der Waals surface area contributed by atoms with Gasteiger partial charge in [-0.05, 0) is 30.5 Å². The van der Waals surface area contributed by atoms with Gasteiger partial charge >= 0.3 is 0 Å². The molecule has 1 aromatic heterocycles. The van der Waals surface area contributed by atoms with E-state index in [4.69, 9.17) is 0 Å². The molecular formula is C19H23N3O3S. The van der Waals surface area contributed by atoms with Crippen LogP contribution in [0.5, 0.6) is 0 Å². The Morgan fingerprint density at radius 1 is 1.31 bits per heavy atom. The summed E-state index contributed by atoms with van der Waals surface area (Å²) in [5, 5.41) is 13.1. The molecule has 0 bridgehead atoms. The number of thiazole rings is 1. The molecular weight excluding hydrogens is 350 g/mol.